The van der Waals surface area contributed by atoms with Crippen molar-refractivity contribution in [3.63, 3.8) is 0 Å². The van der Waals surface area contributed by atoms with Crippen molar-refractivity contribution in [3.05, 3.63) is 24.3 Å². The summed E-state index contributed by atoms with van der Waals surface area (Å²) in [4.78, 5) is 28.3. The van der Waals surface area contributed by atoms with Crippen LogP contribution in [0.2, 0.25) is 0 Å². The highest BCUT2D eigenvalue weighted by atomic mass is 16.2. The smallest absolute Gasteiger partial charge is 0.238 e. The zero-order valence-corrected chi connectivity index (χ0v) is 15.7. The molecule has 142 valence electrons. The average molecular weight is 358 g/mol. The molecule has 0 spiro atoms. The van der Waals surface area contributed by atoms with E-state index in [4.69, 9.17) is 0 Å². The SMILES string of the molecule is CNCCC1CCN(CC(=O)Nc2cccc(N3CCCC3=O)c2)CC1. The fraction of sp³-hybridized carbons (Fsp3) is 0.600. The summed E-state index contributed by atoms with van der Waals surface area (Å²) in [5, 5.41) is 6.20. The predicted octanol–water partition coefficient (Wildman–Crippen LogP) is 2.07. The molecule has 2 aliphatic heterocycles. The lowest BCUT2D eigenvalue weighted by Gasteiger charge is -2.31. The van der Waals surface area contributed by atoms with Gasteiger partial charge in [-0.15, -0.1) is 0 Å². The second kappa shape index (κ2) is 9.14. The maximum Gasteiger partial charge on any atom is 0.238 e. The largest absolute Gasteiger partial charge is 0.325 e. The van der Waals surface area contributed by atoms with E-state index in [0.717, 1.165) is 49.9 Å². The van der Waals surface area contributed by atoms with Gasteiger partial charge in [-0.1, -0.05) is 6.07 Å². The van der Waals surface area contributed by atoms with E-state index in [2.05, 4.69) is 15.5 Å². The van der Waals surface area contributed by atoms with Gasteiger partial charge in [0.2, 0.25) is 11.8 Å². The first-order valence-corrected chi connectivity index (χ1v) is 9.73. The first kappa shape index (κ1) is 18.9. The van der Waals surface area contributed by atoms with Crippen LogP contribution in [0.3, 0.4) is 0 Å². The van der Waals surface area contributed by atoms with E-state index in [1.807, 2.05) is 31.3 Å². The summed E-state index contributed by atoms with van der Waals surface area (Å²) < 4.78 is 0. The minimum atomic E-state index is 0.0172. The molecule has 0 atom stereocenters. The van der Waals surface area contributed by atoms with Crippen molar-refractivity contribution in [2.75, 3.05) is 50.0 Å². The second-order valence-electron chi connectivity index (χ2n) is 7.36. The van der Waals surface area contributed by atoms with Crippen LogP contribution in [0.15, 0.2) is 24.3 Å². The summed E-state index contributed by atoms with van der Waals surface area (Å²) in [5.41, 5.74) is 1.63. The van der Waals surface area contributed by atoms with Gasteiger partial charge in [0, 0.05) is 24.3 Å². The molecule has 26 heavy (non-hydrogen) atoms. The molecule has 1 aromatic rings. The minimum absolute atomic E-state index is 0.0172. The van der Waals surface area contributed by atoms with Gasteiger partial charge >= 0.3 is 0 Å². The van der Waals surface area contributed by atoms with Crippen molar-refractivity contribution in [3.8, 4) is 0 Å². The van der Waals surface area contributed by atoms with Crippen LogP contribution in [-0.2, 0) is 9.59 Å². The molecule has 6 nitrogen and oxygen atoms in total. The Morgan fingerprint density at radius 1 is 1.23 bits per heavy atom. The van der Waals surface area contributed by atoms with Gasteiger partial charge in [-0.2, -0.15) is 0 Å². The van der Waals surface area contributed by atoms with Crippen LogP contribution in [0.25, 0.3) is 0 Å². The van der Waals surface area contributed by atoms with Gasteiger partial charge in [-0.3, -0.25) is 14.5 Å². The molecule has 2 amide bonds. The third kappa shape index (κ3) is 5.05. The Labute approximate surface area is 155 Å². The first-order chi connectivity index (χ1) is 12.7. The van der Waals surface area contributed by atoms with Crippen LogP contribution in [0, 0.1) is 5.92 Å². The van der Waals surface area contributed by atoms with Crippen molar-refractivity contribution in [1.82, 2.24) is 10.2 Å². The molecule has 0 unspecified atom stereocenters. The Bertz CT molecular complexity index is 626. The van der Waals surface area contributed by atoms with Crippen LogP contribution in [0.4, 0.5) is 11.4 Å². The second-order valence-corrected chi connectivity index (χ2v) is 7.36. The minimum Gasteiger partial charge on any atom is -0.325 e. The van der Waals surface area contributed by atoms with Gasteiger partial charge in [-0.25, -0.2) is 0 Å². The molecule has 6 heteroatoms. The lowest BCUT2D eigenvalue weighted by atomic mass is 9.93. The van der Waals surface area contributed by atoms with Crippen LogP contribution in [0.5, 0.6) is 0 Å². The Morgan fingerprint density at radius 3 is 2.73 bits per heavy atom. The summed E-state index contributed by atoms with van der Waals surface area (Å²) in [7, 11) is 1.99. The van der Waals surface area contributed by atoms with Gasteiger partial charge in [0.1, 0.15) is 0 Å². The Morgan fingerprint density at radius 2 is 2.04 bits per heavy atom. The van der Waals surface area contributed by atoms with Crippen molar-refractivity contribution < 1.29 is 9.59 Å². The molecule has 2 N–H and O–H groups in total. The van der Waals surface area contributed by atoms with Crippen molar-refractivity contribution in [2.45, 2.75) is 32.1 Å². The summed E-state index contributed by atoms with van der Waals surface area (Å²) in [6.07, 6.45) is 5.07. The van der Waals surface area contributed by atoms with Gasteiger partial charge in [-0.05, 0) is 76.5 Å². The predicted molar refractivity (Wildman–Crippen MR) is 104 cm³/mol. The lowest BCUT2D eigenvalue weighted by Crippen LogP contribution is -2.39. The molecule has 0 saturated carbocycles. The summed E-state index contributed by atoms with van der Waals surface area (Å²) in [6.45, 7) is 4.25. The molecule has 0 bridgehead atoms. The highest BCUT2D eigenvalue weighted by Crippen LogP contribution is 2.24. The molecule has 2 saturated heterocycles. The maximum absolute atomic E-state index is 12.4. The van der Waals surface area contributed by atoms with Crippen molar-refractivity contribution >= 4 is 23.2 Å². The topological polar surface area (TPSA) is 64.7 Å². The van der Waals surface area contributed by atoms with Crippen LogP contribution in [-0.4, -0.2) is 56.5 Å². The summed E-state index contributed by atoms with van der Waals surface area (Å²) in [5.74, 6) is 0.953. The molecule has 2 aliphatic rings. The maximum atomic E-state index is 12.4. The molecule has 2 fully saturated rings. The molecular formula is C20H30N4O2. The van der Waals surface area contributed by atoms with E-state index in [1.54, 1.807) is 4.90 Å². The van der Waals surface area contributed by atoms with E-state index >= 15 is 0 Å². The fourth-order valence-electron chi connectivity index (χ4n) is 3.86. The number of rotatable bonds is 7. The number of likely N-dealkylation sites (tertiary alicyclic amines) is 1. The highest BCUT2D eigenvalue weighted by molar-refractivity contribution is 5.97. The number of hydrogen-bond acceptors (Lipinski definition) is 4. The molecule has 0 radical (unpaired) electrons. The standard InChI is InChI=1S/C20H30N4O2/c1-21-10-7-16-8-12-23(13-9-16)15-19(25)22-17-4-2-5-18(14-17)24-11-3-6-20(24)26/h2,4-5,14,16,21H,3,6-13,15H2,1H3,(H,22,25). The third-order valence-electron chi connectivity index (χ3n) is 5.39. The number of amides is 2. The molecule has 0 aliphatic carbocycles. The number of carbonyl (C=O) groups excluding carboxylic acids is 2. The highest BCUT2D eigenvalue weighted by Gasteiger charge is 2.23. The first-order valence-electron chi connectivity index (χ1n) is 9.73. The van der Waals surface area contributed by atoms with E-state index in [9.17, 15) is 9.59 Å². The number of carbonyl (C=O) groups is 2. The van der Waals surface area contributed by atoms with E-state index < -0.39 is 0 Å². The van der Waals surface area contributed by atoms with E-state index in [0.29, 0.717) is 13.0 Å². The molecule has 3 rings (SSSR count). The van der Waals surface area contributed by atoms with Crippen molar-refractivity contribution in [2.24, 2.45) is 5.92 Å². The number of piperidine rings is 1. The number of hydrogen-bond donors (Lipinski definition) is 2. The fourth-order valence-corrected chi connectivity index (χ4v) is 3.86. The number of nitrogens with zero attached hydrogens (tertiary/aromatic N) is 2. The number of benzene rings is 1. The van der Waals surface area contributed by atoms with Crippen LogP contribution < -0.4 is 15.5 Å². The molecular weight excluding hydrogens is 328 g/mol. The van der Waals surface area contributed by atoms with E-state index in [1.165, 1.54) is 19.3 Å². The van der Waals surface area contributed by atoms with E-state index in [-0.39, 0.29) is 11.8 Å². The zero-order valence-electron chi connectivity index (χ0n) is 15.7. The Balaban J connectivity index is 1.47. The van der Waals surface area contributed by atoms with Gasteiger partial charge < -0.3 is 15.5 Å². The average Bonchev–Trinajstić information content (AvgIpc) is 3.07. The van der Waals surface area contributed by atoms with Gasteiger partial charge in [0.25, 0.3) is 0 Å². The number of anilines is 2. The van der Waals surface area contributed by atoms with Crippen LogP contribution >= 0.6 is 0 Å². The molecule has 0 aromatic heterocycles. The van der Waals surface area contributed by atoms with Gasteiger partial charge in [0.15, 0.2) is 0 Å². The molecule has 2 heterocycles. The normalized spacial score (nSPS) is 19.1. The number of nitrogens with one attached hydrogen (secondary N) is 2. The lowest BCUT2D eigenvalue weighted by molar-refractivity contribution is -0.118. The third-order valence-corrected chi connectivity index (χ3v) is 5.39. The Hall–Kier alpha value is -1.92. The van der Waals surface area contributed by atoms with Crippen molar-refractivity contribution in [1.29, 1.82) is 0 Å². The van der Waals surface area contributed by atoms with Crippen LogP contribution in [0.1, 0.15) is 32.1 Å². The quantitative estimate of drug-likeness (QED) is 0.783. The Kier molecular flexibility index (Phi) is 6.63. The molecule has 1 aromatic carbocycles. The summed E-state index contributed by atoms with van der Waals surface area (Å²) >= 11 is 0. The zero-order chi connectivity index (χ0) is 18.4. The van der Waals surface area contributed by atoms with Gasteiger partial charge in [0.05, 0.1) is 6.54 Å². The summed E-state index contributed by atoms with van der Waals surface area (Å²) in [6, 6.07) is 7.59. The monoisotopic (exact) mass is 358 g/mol.